The summed E-state index contributed by atoms with van der Waals surface area (Å²) in [6, 6.07) is 1.84. The van der Waals surface area contributed by atoms with E-state index in [0.717, 1.165) is 18.8 Å². The molecule has 0 atom stereocenters. The van der Waals surface area contributed by atoms with Crippen molar-refractivity contribution in [2.75, 3.05) is 5.43 Å². The summed E-state index contributed by atoms with van der Waals surface area (Å²) in [6.45, 7) is 3.01. The third-order valence-electron chi connectivity index (χ3n) is 1.30. The van der Waals surface area contributed by atoms with Crippen molar-refractivity contribution >= 4 is 30.6 Å². The number of nitrogens with one attached hydrogen (secondary N) is 1. The van der Waals surface area contributed by atoms with Gasteiger partial charge >= 0.3 is 0 Å². The maximum absolute atomic E-state index is 5.21. The van der Waals surface area contributed by atoms with Gasteiger partial charge in [-0.25, -0.2) is 10.5 Å². The van der Waals surface area contributed by atoms with E-state index in [9.17, 15) is 0 Å². The lowest BCUT2D eigenvalue weighted by Crippen LogP contribution is -2.12. The van der Waals surface area contributed by atoms with Crippen LogP contribution in [0.25, 0.3) is 0 Å². The molecule has 1 rings (SSSR count). The van der Waals surface area contributed by atoms with Crippen LogP contribution in [0.15, 0.2) is 12.3 Å². The van der Waals surface area contributed by atoms with E-state index in [1.165, 1.54) is 0 Å². The number of hydrazine groups is 1. The van der Waals surface area contributed by atoms with E-state index in [0.29, 0.717) is 0 Å². The summed E-state index contributed by atoms with van der Waals surface area (Å²) >= 11 is 0. The lowest BCUT2D eigenvalue weighted by molar-refractivity contribution is 0.608. The molecule has 0 aliphatic rings. The number of hydrogen-bond acceptors (Lipinski definition) is 3. The maximum atomic E-state index is 5.21. The van der Waals surface area contributed by atoms with Crippen LogP contribution in [-0.2, 0) is 6.54 Å². The number of nitrogens with zero attached hydrogens (tertiary/aromatic N) is 2. The first-order chi connectivity index (χ1) is 4.88. The molecular weight excluding hydrogens is 199 g/mol. The van der Waals surface area contributed by atoms with Crippen molar-refractivity contribution in [2.45, 2.75) is 19.9 Å². The van der Waals surface area contributed by atoms with Gasteiger partial charge in [-0.05, 0) is 6.42 Å². The Bertz CT molecular complexity index is 201. The summed E-state index contributed by atoms with van der Waals surface area (Å²) in [6.07, 6.45) is 2.79. The molecule has 0 saturated carbocycles. The molecule has 72 valence electrons. The van der Waals surface area contributed by atoms with Crippen molar-refractivity contribution in [3.63, 3.8) is 0 Å². The Morgan fingerprint density at radius 1 is 1.58 bits per heavy atom. The first-order valence-electron chi connectivity index (χ1n) is 3.37. The SMILES string of the molecule is CCCn1nccc1NN.Cl.Cl. The largest absolute Gasteiger partial charge is 0.309 e. The van der Waals surface area contributed by atoms with Crippen LogP contribution in [0.4, 0.5) is 5.82 Å². The molecule has 0 unspecified atom stereocenters. The highest BCUT2D eigenvalue weighted by Gasteiger charge is 1.95. The minimum absolute atomic E-state index is 0. The highest BCUT2D eigenvalue weighted by atomic mass is 35.5. The summed E-state index contributed by atoms with van der Waals surface area (Å²) < 4.78 is 1.83. The zero-order valence-corrected chi connectivity index (χ0v) is 8.49. The van der Waals surface area contributed by atoms with Gasteiger partial charge in [0.15, 0.2) is 0 Å². The topological polar surface area (TPSA) is 55.9 Å². The van der Waals surface area contributed by atoms with Crippen LogP contribution < -0.4 is 11.3 Å². The number of nitrogens with two attached hydrogens (primary N) is 1. The average molecular weight is 213 g/mol. The van der Waals surface area contributed by atoms with Crippen LogP contribution in [0.3, 0.4) is 0 Å². The molecule has 0 fully saturated rings. The fourth-order valence-corrected chi connectivity index (χ4v) is 0.845. The van der Waals surface area contributed by atoms with E-state index in [2.05, 4.69) is 17.4 Å². The highest BCUT2D eigenvalue weighted by Crippen LogP contribution is 2.03. The number of anilines is 1. The Hall–Kier alpha value is -0.450. The van der Waals surface area contributed by atoms with Gasteiger partial charge in [0.25, 0.3) is 0 Å². The molecule has 1 aromatic heterocycles. The number of aromatic nitrogens is 2. The van der Waals surface area contributed by atoms with E-state index < -0.39 is 0 Å². The van der Waals surface area contributed by atoms with Gasteiger partial charge in [-0.1, -0.05) is 6.92 Å². The molecule has 0 amide bonds. The number of rotatable bonds is 3. The lowest BCUT2D eigenvalue weighted by atomic mass is 10.5. The first-order valence-corrected chi connectivity index (χ1v) is 3.37. The van der Waals surface area contributed by atoms with Gasteiger partial charge in [-0.15, -0.1) is 24.8 Å². The van der Waals surface area contributed by atoms with E-state index in [-0.39, 0.29) is 24.8 Å². The Balaban J connectivity index is 0. The van der Waals surface area contributed by atoms with E-state index in [1.54, 1.807) is 6.20 Å². The van der Waals surface area contributed by atoms with Crippen molar-refractivity contribution in [3.8, 4) is 0 Å². The van der Waals surface area contributed by atoms with Gasteiger partial charge in [0.05, 0.1) is 6.20 Å². The zero-order valence-electron chi connectivity index (χ0n) is 6.86. The molecule has 0 bridgehead atoms. The molecule has 0 radical (unpaired) electrons. The fraction of sp³-hybridized carbons (Fsp3) is 0.500. The molecular formula is C6H14Cl2N4. The Morgan fingerprint density at radius 3 is 2.75 bits per heavy atom. The van der Waals surface area contributed by atoms with Crippen LogP contribution in [0.2, 0.25) is 0 Å². The number of nitrogen functional groups attached to an aromatic ring is 1. The quantitative estimate of drug-likeness (QED) is 0.589. The van der Waals surface area contributed by atoms with Crippen LogP contribution >= 0.6 is 24.8 Å². The van der Waals surface area contributed by atoms with Gasteiger partial charge in [0.1, 0.15) is 5.82 Å². The summed E-state index contributed by atoms with van der Waals surface area (Å²) in [5, 5.41) is 4.05. The standard InChI is InChI=1S/C6H12N4.2ClH/c1-2-5-10-6(9-7)3-4-8-10;;/h3-4,9H,2,5,7H2,1H3;2*1H. The van der Waals surface area contributed by atoms with Crippen LogP contribution in [0, 0.1) is 0 Å². The Labute approximate surface area is 84.3 Å². The Kier molecular flexibility index (Phi) is 8.47. The zero-order chi connectivity index (χ0) is 7.40. The van der Waals surface area contributed by atoms with Crippen molar-refractivity contribution in [1.82, 2.24) is 9.78 Å². The minimum Gasteiger partial charge on any atom is -0.309 e. The number of halogens is 2. The first kappa shape index (κ1) is 14.1. The molecule has 0 spiro atoms. The third-order valence-corrected chi connectivity index (χ3v) is 1.30. The van der Waals surface area contributed by atoms with Crippen LogP contribution in [0.1, 0.15) is 13.3 Å². The molecule has 1 aromatic rings. The van der Waals surface area contributed by atoms with Gasteiger partial charge in [-0.2, -0.15) is 5.10 Å². The summed E-state index contributed by atoms with van der Waals surface area (Å²) in [5.41, 5.74) is 2.56. The summed E-state index contributed by atoms with van der Waals surface area (Å²) in [4.78, 5) is 0. The van der Waals surface area contributed by atoms with E-state index in [1.807, 2.05) is 10.7 Å². The van der Waals surface area contributed by atoms with Crippen LogP contribution in [0.5, 0.6) is 0 Å². The predicted molar refractivity (Wildman–Crippen MR) is 54.8 cm³/mol. The van der Waals surface area contributed by atoms with Gasteiger partial charge in [-0.3, -0.25) is 0 Å². The number of hydrogen-bond donors (Lipinski definition) is 2. The molecule has 3 N–H and O–H groups in total. The van der Waals surface area contributed by atoms with Crippen molar-refractivity contribution in [2.24, 2.45) is 5.84 Å². The van der Waals surface area contributed by atoms with Crippen molar-refractivity contribution in [3.05, 3.63) is 12.3 Å². The molecule has 6 heteroatoms. The van der Waals surface area contributed by atoms with Gasteiger partial charge < -0.3 is 5.43 Å². The van der Waals surface area contributed by atoms with Crippen LogP contribution in [-0.4, -0.2) is 9.78 Å². The number of aryl methyl sites for hydroxylation is 1. The van der Waals surface area contributed by atoms with Crippen molar-refractivity contribution in [1.29, 1.82) is 0 Å². The smallest absolute Gasteiger partial charge is 0.138 e. The molecule has 0 aliphatic carbocycles. The van der Waals surface area contributed by atoms with E-state index >= 15 is 0 Å². The molecule has 0 aliphatic heterocycles. The highest BCUT2D eigenvalue weighted by molar-refractivity contribution is 5.85. The van der Waals surface area contributed by atoms with Gasteiger partial charge in [0.2, 0.25) is 0 Å². The lowest BCUT2D eigenvalue weighted by Gasteiger charge is -2.02. The van der Waals surface area contributed by atoms with E-state index in [4.69, 9.17) is 5.84 Å². The summed E-state index contributed by atoms with van der Waals surface area (Å²) in [5.74, 6) is 6.08. The monoisotopic (exact) mass is 212 g/mol. The average Bonchev–Trinajstić information content (AvgIpc) is 2.36. The Morgan fingerprint density at radius 2 is 2.25 bits per heavy atom. The summed E-state index contributed by atoms with van der Waals surface area (Å²) in [7, 11) is 0. The molecule has 4 nitrogen and oxygen atoms in total. The third kappa shape index (κ3) is 3.30. The molecule has 0 aromatic carbocycles. The van der Waals surface area contributed by atoms with Gasteiger partial charge in [0, 0.05) is 12.6 Å². The molecule has 12 heavy (non-hydrogen) atoms. The second-order valence-corrected chi connectivity index (χ2v) is 2.08. The second-order valence-electron chi connectivity index (χ2n) is 2.08. The maximum Gasteiger partial charge on any atom is 0.138 e. The predicted octanol–water partition coefficient (Wildman–Crippen LogP) is 1.42. The second kappa shape index (κ2) is 7.21. The molecule has 0 saturated heterocycles. The van der Waals surface area contributed by atoms with Crippen molar-refractivity contribution < 1.29 is 0 Å². The minimum atomic E-state index is 0. The molecule has 1 heterocycles. The fourth-order valence-electron chi connectivity index (χ4n) is 0.845. The normalized spacial score (nSPS) is 8.17.